The average Bonchev–Trinajstić information content (AvgIpc) is 3.16. The van der Waals surface area contributed by atoms with E-state index in [4.69, 9.17) is 5.11 Å². The van der Waals surface area contributed by atoms with E-state index in [0.717, 1.165) is 43.1 Å². The molecule has 1 aromatic heterocycles. The Morgan fingerprint density at radius 3 is 2.86 bits per heavy atom. The molecule has 1 unspecified atom stereocenters. The van der Waals surface area contributed by atoms with E-state index in [1.807, 2.05) is 6.07 Å². The van der Waals surface area contributed by atoms with Crippen LogP contribution in [0.5, 0.6) is 0 Å². The first-order chi connectivity index (χ1) is 10.7. The maximum absolute atomic E-state index is 11.0. The fourth-order valence-electron chi connectivity index (χ4n) is 2.84. The monoisotopic (exact) mass is 316 g/mol. The highest BCUT2D eigenvalue weighted by Gasteiger charge is 2.28. The molecule has 0 spiro atoms. The van der Waals surface area contributed by atoms with Crippen LogP contribution in [0.4, 0.5) is 0 Å². The molecule has 0 radical (unpaired) electrons. The molecule has 1 saturated heterocycles. The largest absolute Gasteiger partial charge is 0.481 e. The predicted molar refractivity (Wildman–Crippen MR) is 87.0 cm³/mol. The lowest BCUT2D eigenvalue weighted by atomic mass is 10.1. The number of carboxylic acids is 1. The van der Waals surface area contributed by atoms with E-state index in [0.29, 0.717) is 6.54 Å². The van der Waals surface area contributed by atoms with Gasteiger partial charge < -0.3 is 5.11 Å². The number of benzene rings is 1. The van der Waals surface area contributed by atoms with E-state index in [-0.39, 0.29) is 5.92 Å². The molecule has 0 bridgehead atoms. The maximum atomic E-state index is 11.0. The summed E-state index contributed by atoms with van der Waals surface area (Å²) < 4.78 is 0. The summed E-state index contributed by atoms with van der Waals surface area (Å²) in [7, 11) is 0. The van der Waals surface area contributed by atoms with Gasteiger partial charge in [0.15, 0.2) is 0 Å². The molecule has 1 atom stereocenters. The van der Waals surface area contributed by atoms with Crippen LogP contribution in [0.15, 0.2) is 35.7 Å². The van der Waals surface area contributed by atoms with Crippen LogP contribution in [-0.4, -0.2) is 34.0 Å². The molecule has 1 aromatic carbocycles. The second kappa shape index (κ2) is 7.03. The molecule has 1 N–H and O–H groups in total. The van der Waals surface area contributed by atoms with Crippen LogP contribution in [0.1, 0.15) is 22.7 Å². The summed E-state index contributed by atoms with van der Waals surface area (Å²) in [4.78, 5) is 17.9. The number of carbonyl (C=O) groups is 1. The summed E-state index contributed by atoms with van der Waals surface area (Å²) in [5, 5.41) is 12.3. The standard InChI is InChI=1S/C17H20N2O2S/c20-17(21)14-8-9-19(10-14)11-15-12-22-16(18-15)7-6-13-4-2-1-3-5-13/h1-5,12,14H,6-11H2,(H,20,21). The molecule has 116 valence electrons. The van der Waals surface area contributed by atoms with E-state index in [2.05, 4.69) is 39.5 Å². The van der Waals surface area contributed by atoms with Crippen molar-refractivity contribution in [2.45, 2.75) is 25.8 Å². The van der Waals surface area contributed by atoms with E-state index in [1.54, 1.807) is 11.3 Å². The zero-order chi connectivity index (χ0) is 15.4. The number of aromatic nitrogens is 1. The fraction of sp³-hybridized carbons (Fsp3) is 0.412. The molecule has 1 fully saturated rings. The number of likely N-dealkylation sites (tertiary alicyclic amines) is 1. The summed E-state index contributed by atoms with van der Waals surface area (Å²) in [5.74, 6) is -0.888. The first kappa shape index (κ1) is 15.2. The molecule has 1 aliphatic heterocycles. The van der Waals surface area contributed by atoms with Crippen molar-refractivity contribution in [3.63, 3.8) is 0 Å². The van der Waals surface area contributed by atoms with Gasteiger partial charge >= 0.3 is 5.97 Å². The molecule has 5 heteroatoms. The summed E-state index contributed by atoms with van der Waals surface area (Å²) in [6, 6.07) is 10.4. The minimum absolute atomic E-state index is 0.212. The molecule has 0 amide bonds. The van der Waals surface area contributed by atoms with Crippen molar-refractivity contribution in [2.75, 3.05) is 13.1 Å². The van der Waals surface area contributed by atoms with Crippen LogP contribution in [0.3, 0.4) is 0 Å². The first-order valence-electron chi connectivity index (χ1n) is 7.63. The van der Waals surface area contributed by atoms with Crippen LogP contribution < -0.4 is 0 Å². The number of aliphatic carboxylic acids is 1. The van der Waals surface area contributed by atoms with Gasteiger partial charge in [-0.25, -0.2) is 4.98 Å². The number of hydrogen-bond acceptors (Lipinski definition) is 4. The van der Waals surface area contributed by atoms with Gasteiger partial charge in [0, 0.05) is 24.9 Å². The molecule has 0 aliphatic carbocycles. The normalized spacial score (nSPS) is 18.6. The van der Waals surface area contributed by atoms with Crippen molar-refractivity contribution < 1.29 is 9.90 Å². The fourth-order valence-corrected chi connectivity index (χ4v) is 3.63. The Morgan fingerprint density at radius 2 is 2.14 bits per heavy atom. The Bertz CT molecular complexity index is 627. The molecular weight excluding hydrogens is 296 g/mol. The third-order valence-electron chi connectivity index (χ3n) is 4.08. The summed E-state index contributed by atoms with van der Waals surface area (Å²) in [6.07, 6.45) is 2.73. The molecule has 2 heterocycles. The number of carboxylic acid groups (broad SMARTS) is 1. The number of hydrogen-bond donors (Lipinski definition) is 1. The highest BCUT2D eigenvalue weighted by molar-refractivity contribution is 7.09. The second-order valence-electron chi connectivity index (χ2n) is 5.78. The third-order valence-corrected chi connectivity index (χ3v) is 5.03. The summed E-state index contributed by atoms with van der Waals surface area (Å²) >= 11 is 1.71. The minimum Gasteiger partial charge on any atom is -0.481 e. The van der Waals surface area contributed by atoms with Gasteiger partial charge in [-0.3, -0.25) is 9.69 Å². The Morgan fingerprint density at radius 1 is 1.32 bits per heavy atom. The maximum Gasteiger partial charge on any atom is 0.307 e. The number of aryl methyl sites for hydroxylation is 2. The van der Waals surface area contributed by atoms with Crippen LogP contribution in [0, 0.1) is 5.92 Å². The molecule has 0 saturated carbocycles. The SMILES string of the molecule is O=C(O)C1CCN(Cc2csc(CCc3ccccc3)n2)C1. The topological polar surface area (TPSA) is 53.4 Å². The van der Waals surface area contributed by atoms with Crippen molar-refractivity contribution in [3.8, 4) is 0 Å². The minimum atomic E-state index is -0.677. The van der Waals surface area contributed by atoms with Gasteiger partial charge in [0.2, 0.25) is 0 Å². The summed E-state index contributed by atoms with van der Waals surface area (Å²) in [6.45, 7) is 2.27. The van der Waals surface area contributed by atoms with E-state index in [1.165, 1.54) is 5.56 Å². The first-order valence-corrected chi connectivity index (χ1v) is 8.51. The van der Waals surface area contributed by atoms with Crippen molar-refractivity contribution in [1.29, 1.82) is 0 Å². The van der Waals surface area contributed by atoms with E-state index >= 15 is 0 Å². The molecule has 2 aromatic rings. The van der Waals surface area contributed by atoms with Crippen LogP contribution >= 0.6 is 11.3 Å². The van der Waals surface area contributed by atoms with Gasteiger partial charge in [-0.15, -0.1) is 11.3 Å². The van der Waals surface area contributed by atoms with Gasteiger partial charge in [0.05, 0.1) is 16.6 Å². The number of nitrogens with zero attached hydrogens (tertiary/aromatic N) is 2. The third kappa shape index (κ3) is 3.93. The van der Waals surface area contributed by atoms with Crippen molar-refractivity contribution in [2.24, 2.45) is 5.92 Å². The predicted octanol–water partition coefficient (Wildman–Crippen LogP) is 2.83. The van der Waals surface area contributed by atoms with Crippen molar-refractivity contribution in [1.82, 2.24) is 9.88 Å². The van der Waals surface area contributed by atoms with Gasteiger partial charge in [0.1, 0.15) is 0 Å². The Balaban J connectivity index is 1.50. The Labute approximate surface area is 134 Å². The molecule has 4 nitrogen and oxygen atoms in total. The van der Waals surface area contributed by atoms with Crippen LogP contribution in [-0.2, 0) is 24.2 Å². The van der Waals surface area contributed by atoms with Crippen LogP contribution in [0.25, 0.3) is 0 Å². The second-order valence-corrected chi connectivity index (χ2v) is 6.72. The van der Waals surface area contributed by atoms with Gasteiger partial charge in [0.25, 0.3) is 0 Å². The smallest absolute Gasteiger partial charge is 0.307 e. The Kier molecular flexibility index (Phi) is 4.85. The highest BCUT2D eigenvalue weighted by Crippen LogP contribution is 2.20. The van der Waals surface area contributed by atoms with Crippen molar-refractivity contribution in [3.05, 3.63) is 52.0 Å². The average molecular weight is 316 g/mol. The molecular formula is C17H20N2O2S. The quantitative estimate of drug-likeness (QED) is 0.890. The van der Waals surface area contributed by atoms with E-state index in [9.17, 15) is 4.79 Å². The van der Waals surface area contributed by atoms with Gasteiger partial charge in [-0.05, 0) is 24.9 Å². The van der Waals surface area contributed by atoms with Gasteiger partial charge in [-0.2, -0.15) is 0 Å². The van der Waals surface area contributed by atoms with E-state index < -0.39 is 5.97 Å². The lowest BCUT2D eigenvalue weighted by Crippen LogP contribution is -2.22. The lowest BCUT2D eigenvalue weighted by molar-refractivity contribution is -0.141. The molecule has 1 aliphatic rings. The summed E-state index contributed by atoms with van der Waals surface area (Å²) in [5.41, 5.74) is 2.40. The zero-order valence-corrected chi connectivity index (χ0v) is 13.3. The highest BCUT2D eigenvalue weighted by atomic mass is 32.1. The number of rotatable bonds is 6. The Hall–Kier alpha value is -1.72. The van der Waals surface area contributed by atoms with Gasteiger partial charge in [-0.1, -0.05) is 30.3 Å². The lowest BCUT2D eigenvalue weighted by Gasteiger charge is -2.12. The van der Waals surface area contributed by atoms with Crippen LogP contribution in [0.2, 0.25) is 0 Å². The zero-order valence-electron chi connectivity index (χ0n) is 12.4. The number of thiazole rings is 1. The molecule has 22 heavy (non-hydrogen) atoms. The molecule has 3 rings (SSSR count). The van der Waals surface area contributed by atoms with Crippen molar-refractivity contribution >= 4 is 17.3 Å².